The molecule has 0 aliphatic heterocycles. The Morgan fingerprint density at radius 3 is 2.19 bits per heavy atom. The van der Waals surface area contributed by atoms with Crippen molar-refractivity contribution >= 4 is 13.5 Å². The minimum Gasteiger partial charge on any atom is -0.429 e. The molecule has 0 fully saturated rings. The molecule has 0 bridgehead atoms. The third-order valence-corrected chi connectivity index (χ3v) is 6.45. The van der Waals surface area contributed by atoms with Crippen molar-refractivity contribution in [1.82, 2.24) is 0 Å². The molecule has 0 aliphatic carbocycles. The lowest BCUT2D eigenvalue weighted by Gasteiger charge is -2.09. The molecule has 1 aromatic carbocycles. The molecule has 0 radical (unpaired) electrons. The summed E-state index contributed by atoms with van der Waals surface area (Å²) in [6, 6.07) is 14.9. The van der Waals surface area contributed by atoms with E-state index in [2.05, 4.69) is 62.1 Å². The van der Waals surface area contributed by atoms with Gasteiger partial charge in [-0.15, -0.1) is 0 Å². The van der Waals surface area contributed by atoms with Gasteiger partial charge >= 0.3 is 25.0 Å². The summed E-state index contributed by atoms with van der Waals surface area (Å²) in [4.78, 5) is 0. The fraction of sp³-hybridized carbons (Fsp3) is 0.231. The van der Waals surface area contributed by atoms with Crippen molar-refractivity contribution in [2.75, 3.05) is 0 Å². The van der Waals surface area contributed by atoms with Gasteiger partial charge in [-0.05, 0) is 18.2 Å². The Hall–Kier alpha value is -0.553. The number of hydrogen-bond acceptors (Lipinski definition) is 1. The largest absolute Gasteiger partial charge is 0.429 e. The SMILES string of the molecule is C[Si](C)(C)c1ccc([I+]c2ccccc2)o1. The Balaban J connectivity index is 2.15. The highest BCUT2D eigenvalue weighted by atomic mass is 127. The number of rotatable bonds is 3. The Morgan fingerprint density at radius 1 is 0.938 bits per heavy atom. The molecule has 3 heteroatoms. The Labute approximate surface area is 108 Å². The van der Waals surface area contributed by atoms with Crippen LogP contribution in [0.25, 0.3) is 0 Å². The van der Waals surface area contributed by atoms with Crippen LogP contribution in [0.5, 0.6) is 0 Å². The van der Waals surface area contributed by atoms with Gasteiger partial charge in [0.1, 0.15) is 8.07 Å². The lowest BCUT2D eigenvalue weighted by atomic mass is 10.4. The zero-order chi connectivity index (χ0) is 11.6. The first-order chi connectivity index (χ1) is 7.55. The van der Waals surface area contributed by atoms with Crippen LogP contribution in [0.3, 0.4) is 0 Å². The van der Waals surface area contributed by atoms with Crippen molar-refractivity contribution in [3.8, 4) is 0 Å². The average molecular weight is 343 g/mol. The molecule has 16 heavy (non-hydrogen) atoms. The summed E-state index contributed by atoms with van der Waals surface area (Å²) in [6.07, 6.45) is 0. The molecule has 1 heterocycles. The van der Waals surface area contributed by atoms with Gasteiger partial charge in [-0.2, -0.15) is 0 Å². The van der Waals surface area contributed by atoms with Gasteiger partial charge < -0.3 is 4.42 Å². The van der Waals surface area contributed by atoms with Gasteiger partial charge in [0.05, 0.1) is 5.38 Å². The van der Waals surface area contributed by atoms with Gasteiger partial charge in [0.15, 0.2) is 3.57 Å². The summed E-state index contributed by atoms with van der Waals surface area (Å²) in [6.45, 7) is 6.95. The van der Waals surface area contributed by atoms with Crippen LogP contribution < -0.4 is 26.6 Å². The third kappa shape index (κ3) is 2.98. The highest BCUT2D eigenvalue weighted by Crippen LogP contribution is 2.01. The Morgan fingerprint density at radius 2 is 1.62 bits per heavy atom. The van der Waals surface area contributed by atoms with Crippen molar-refractivity contribution in [3.05, 3.63) is 49.8 Å². The van der Waals surface area contributed by atoms with Crippen molar-refractivity contribution in [2.45, 2.75) is 19.6 Å². The lowest BCUT2D eigenvalue weighted by Crippen LogP contribution is -3.61. The molecule has 2 aromatic rings. The van der Waals surface area contributed by atoms with E-state index < -0.39 is 8.07 Å². The molecule has 0 saturated heterocycles. The molecule has 1 aromatic heterocycles. The number of benzene rings is 1. The van der Waals surface area contributed by atoms with Gasteiger partial charge in [0, 0.05) is 6.07 Å². The molecule has 0 unspecified atom stereocenters. The zero-order valence-corrected chi connectivity index (χ0v) is 13.0. The monoisotopic (exact) mass is 343 g/mol. The lowest BCUT2D eigenvalue weighted by molar-refractivity contribution is -0.617. The second-order valence-corrected chi connectivity index (χ2v) is 12.6. The van der Waals surface area contributed by atoms with Crippen molar-refractivity contribution in [2.24, 2.45) is 0 Å². The topological polar surface area (TPSA) is 13.1 Å². The summed E-state index contributed by atoms with van der Waals surface area (Å²) in [5.41, 5.74) is 0. The van der Waals surface area contributed by atoms with Crippen LogP contribution in [-0.2, 0) is 0 Å². The predicted molar refractivity (Wildman–Crippen MR) is 65.5 cm³/mol. The molecule has 0 N–H and O–H groups in total. The maximum Gasteiger partial charge on any atom is 0.400 e. The van der Waals surface area contributed by atoms with Gasteiger partial charge in [-0.1, -0.05) is 37.8 Å². The molecule has 0 amide bonds. The standard InChI is InChI=1S/C13H16IOSi/c1-16(2,3)13-10-9-12(15-13)14-11-7-5-4-6-8-11/h4-10H,1-3H3/q+1. The van der Waals surface area contributed by atoms with E-state index >= 15 is 0 Å². The molecule has 0 atom stereocenters. The molecular weight excluding hydrogens is 327 g/mol. The molecule has 0 aliphatic rings. The highest BCUT2D eigenvalue weighted by molar-refractivity contribution is 6.87. The van der Waals surface area contributed by atoms with Gasteiger partial charge in [-0.3, -0.25) is 0 Å². The van der Waals surface area contributed by atoms with Gasteiger partial charge in [0.2, 0.25) is 0 Å². The maximum absolute atomic E-state index is 5.96. The minimum absolute atomic E-state index is 0.143. The zero-order valence-electron chi connectivity index (χ0n) is 9.83. The molecule has 0 saturated carbocycles. The molecule has 2 rings (SSSR count). The van der Waals surface area contributed by atoms with Crippen LogP contribution in [-0.4, -0.2) is 8.07 Å². The summed E-state index contributed by atoms with van der Waals surface area (Å²) in [7, 11) is -1.28. The van der Waals surface area contributed by atoms with Crippen LogP contribution in [0.4, 0.5) is 0 Å². The van der Waals surface area contributed by atoms with Crippen molar-refractivity contribution in [1.29, 1.82) is 0 Å². The number of hydrogen-bond donors (Lipinski definition) is 0. The number of furan rings is 1. The molecule has 84 valence electrons. The third-order valence-electron chi connectivity index (χ3n) is 2.25. The van der Waals surface area contributed by atoms with E-state index in [9.17, 15) is 0 Å². The maximum atomic E-state index is 5.96. The van der Waals surface area contributed by atoms with E-state index in [0.717, 1.165) is 0 Å². The Kier molecular flexibility index (Phi) is 3.54. The summed E-state index contributed by atoms with van der Waals surface area (Å²) >= 11 is -0.143. The van der Waals surface area contributed by atoms with E-state index in [1.54, 1.807) is 0 Å². The Bertz CT molecular complexity index is 456. The van der Waals surface area contributed by atoms with Crippen molar-refractivity contribution < 1.29 is 25.6 Å². The van der Waals surface area contributed by atoms with E-state index in [1.807, 2.05) is 0 Å². The van der Waals surface area contributed by atoms with E-state index in [0.29, 0.717) is 0 Å². The molecule has 0 spiro atoms. The fourth-order valence-electron chi connectivity index (χ4n) is 1.35. The predicted octanol–water partition coefficient (Wildman–Crippen LogP) is -0.0468. The smallest absolute Gasteiger partial charge is 0.400 e. The summed E-state index contributed by atoms with van der Waals surface area (Å²) < 4.78 is 8.56. The van der Waals surface area contributed by atoms with Crippen LogP contribution in [0, 0.1) is 7.34 Å². The summed E-state index contributed by atoms with van der Waals surface area (Å²) in [5, 5.41) is 1.22. The van der Waals surface area contributed by atoms with E-state index in [-0.39, 0.29) is 21.2 Å². The second kappa shape index (κ2) is 4.75. The van der Waals surface area contributed by atoms with E-state index in [1.165, 1.54) is 12.7 Å². The fourth-order valence-corrected chi connectivity index (χ4v) is 4.66. The first-order valence-electron chi connectivity index (χ1n) is 5.36. The van der Waals surface area contributed by atoms with E-state index in [4.69, 9.17) is 4.42 Å². The highest BCUT2D eigenvalue weighted by Gasteiger charge is 2.26. The average Bonchev–Trinajstić information content (AvgIpc) is 2.67. The minimum atomic E-state index is -1.28. The van der Waals surface area contributed by atoms with Crippen LogP contribution in [0.2, 0.25) is 19.6 Å². The van der Waals surface area contributed by atoms with Crippen LogP contribution in [0.1, 0.15) is 0 Å². The van der Waals surface area contributed by atoms with Gasteiger partial charge in [0.25, 0.3) is 0 Å². The second-order valence-electron chi connectivity index (χ2n) is 4.74. The van der Waals surface area contributed by atoms with Crippen LogP contribution in [0.15, 0.2) is 46.9 Å². The summed E-state index contributed by atoms with van der Waals surface area (Å²) in [5.74, 6) is 0. The van der Waals surface area contributed by atoms with Crippen LogP contribution >= 0.6 is 0 Å². The quantitative estimate of drug-likeness (QED) is 0.563. The first kappa shape index (κ1) is 11.9. The normalized spacial score (nSPS) is 11.7. The first-order valence-corrected chi connectivity index (χ1v) is 11.0. The molecular formula is C13H16IOSi+. The van der Waals surface area contributed by atoms with Crippen molar-refractivity contribution in [3.63, 3.8) is 0 Å². The van der Waals surface area contributed by atoms with Gasteiger partial charge in [-0.25, -0.2) is 0 Å². The number of halogens is 1. The molecule has 1 nitrogen and oxygen atoms in total.